The van der Waals surface area contributed by atoms with Crippen LogP contribution in [0.5, 0.6) is 0 Å². The van der Waals surface area contributed by atoms with Gasteiger partial charge in [-0.15, -0.1) is 0 Å². The normalized spacial score (nSPS) is 38.2. The van der Waals surface area contributed by atoms with Crippen molar-refractivity contribution in [2.75, 3.05) is 0 Å². The van der Waals surface area contributed by atoms with E-state index >= 15 is 0 Å². The molecule has 0 heterocycles. The first-order valence-corrected chi connectivity index (χ1v) is 5.39. The van der Waals surface area contributed by atoms with Crippen molar-refractivity contribution in [1.29, 1.82) is 0 Å². The number of hydrogen-bond acceptors (Lipinski definition) is 0. The molecule has 1 fully saturated rings. The van der Waals surface area contributed by atoms with Crippen molar-refractivity contribution in [2.24, 2.45) is 23.2 Å². The minimum absolute atomic E-state index is 0.531. The Bertz CT molecular complexity index is 131. The van der Waals surface area contributed by atoms with Crippen molar-refractivity contribution >= 4 is 0 Å². The monoisotopic (exact) mass is 168 g/mol. The standard InChI is InChI=1S/C12H24/c1-9-6-10(2)8-11(7-9)12(3,4)5/h9-11H,6-8H2,1-5H3/t9-,10-/m0/s1. The average Bonchev–Trinajstić information content (AvgIpc) is 1.82. The van der Waals surface area contributed by atoms with Crippen molar-refractivity contribution in [3.05, 3.63) is 0 Å². The molecular formula is C12H24. The topological polar surface area (TPSA) is 0 Å². The van der Waals surface area contributed by atoms with E-state index in [4.69, 9.17) is 0 Å². The first kappa shape index (κ1) is 10.1. The molecule has 0 bridgehead atoms. The SMILES string of the molecule is C[C@@H]1CC(C(C)(C)C)C[C@@H](C)C1. The molecule has 0 saturated heterocycles. The maximum absolute atomic E-state index is 2.41. The molecule has 72 valence electrons. The average molecular weight is 168 g/mol. The third-order valence-electron chi connectivity index (χ3n) is 3.40. The van der Waals surface area contributed by atoms with Crippen molar-refractivity contribution in [2.45, 2.75) is 53.9 Å². The second kappa shape index (κ2) is 3.40. The summed E-state index contributed by atoms with van der Waals surface area (Å²) in [6, 6.07) is 0. The Labute approximate surface area is 77.7 Å². The zero-order valence-corrected chi connectivity index (χ0v) is 9.35. The quantitative estimate of drug-likeness (QED) is 0.511. The lowest BCUT2D eigenvalue weighted by Crippen LogP contribution is -2.29. The van der Waals surface area contributed by atoms with Gasteiger partial charge in [-0.05, 0) is 42.4 Å². The number of hydrogen-bond donors (Lipinski definition) is 0. The summed E-state index contributed by atoms with van der Waals surface area (Å²) in [7, 11) is 0. The predicted molar refractivity (Wildman–Crippen MR) is 55.1 cm³/mol. The fraction of sp³-hybridized carbons (Fsp3) is 1.00. The molecule has 1 aliphatic carbocycles. The van der Waals surface area contributed by atoms with Gasteiger partial charge in [0.05, 0.1) is 0 Å². The molecule has 0 unspecified atom stereocenters. The smallest absolute Gasteiger partial charge is 0.0354 e. The molecule has 0 radical (unpaired) electrons. The summed E-state index contributed by atoms with van der Waals surface area (Å²) < 4.78 is 0. The van der Waals surface area contributed by atoms with Gasteiger partial charge in [0.25, 0.3) is 0 Å². The fourth-order valence-corrected chi connectivity index (χ4v) is 2.65. The Balaban J connectivity index is 2.55. The highest BCUT2D eigenvalue weighted by Crippen LogP contribution is 2.42. The second-order valence-corrected chi connectivity index (χ2v) is 5.98. The van der Waals surface area contributed by atoms with Crippen LogP contribution in [-0.4, -0.2) is 0 Å². The van der Waals surface area contributed by atoms with Crippen LogP contribution in [0.4, 0.5) is 0 Å². The van der Waals surface area contributed by atoms with Crippen LogP contribution in [-0.2, 0) is 0 Å². The molecule has 0 amide bonds. The van der Waals surface area contributed by atoms with Crippen molar-refractivity contribution in [3.8, 4) is 0 Å². The zero-order chi connectivity index (χ0) is 9.35. The summed E-state index contributed by atoms with van der Waals surface area (Å²) in [6.07, 6.45) is 4.36. The van der Waals surface area contributed by atoms with E-state index in [0.717, 1.165) is 17.8 Å². The molecule has 0 aromatic heterocycles. The van der Waals surface area contributed by atoms with Crippen LogP contribution in [0.3, 0.4) is 0 Å². The lowest BCUT2D eigenvalue weighted by Gasteiger charge is -2.39. The highest BCUT2D eigenvalue weighted by Gasteiger charge is 2.31. The van der Waals surface area contributed by atoms with E-state index in [1.54, 1.807) is 0 Å². The maximum Gasteiger partial charge on any atom is -0.0354 e. The Morgan fingerprint density at radius 2 is 1.25 bits per heavy atom. The zero-order valence-electron chi connectivity index (χ0n) is 9.35. The van der Waals surface area contributed by atoms with Gasteiger partial charge < -0.3 is 0 Å². The van der Waals surface area contributed by atoms with Crippen LogP contribution in [0.15, 0.2) is 0 Å². The van der Waals surface area contributed by atoms with E-state index in [2.05, 4.69) is 34.6 Å². The first-order valence-electron chi connectivity index (χ1n) is 5.39. The van der Waals surface area contributed by atoms with Crippen molar-refractivity contribution < 1.29 is 0 Å². The molecule has 12 heavy (non-hydrogen) atoms. The minimum atomic E-state index is 0.531. The van der Waals surface area contributed by atoms with Crippen LogP contribution in [0.2, 0.25) is 0 Å². The summed E-state index contributed by atoms with van der Waals surface area (Å²) in [4.78, 5) is 0. The molecule has 1 rings (SSSR count). The molecular weight excluding hydrogens is 144 g/mol. The minimum Gasteiger partial charge on any atom is -0.0625 e. The van der Waals surface area contributed by atoms with Gasteiger partial charge in [0.15, 0.2) is 0 Å². The molecule has 0 aromatic carbocycles. The maximum atomic E-state index is 2.41. The Kier molecular flexibility index (Phi) is 2.85. The van der Waals surface area contributed by atoms with Crippen molar-refractivity contribution in [1.82, 2.24) is 0 Å². The Hall–Kier alpha value is 0. The van der Waals surface area contributed by atoms with Gasteiger partial charge in [0, 0.05) is 0 Å². The highest BCUT2D eigenvalue weighted by atomic mass is 14.4. The lowest BCUT2D eigenvalue weighted by atomic mass is 9.66. The Morgan fingerprint density at radius 3 is 1.58 bits per heavy atom. The van der Waals surface area contributed by atoms with Crippen LogP contribution < -0.4 is 0 Å². The third kappa shape index (κ3) is 2.50. The third-order valence-corrected chi connectivity index (χ3v) is 3.40. The lowest BCUT2D eigenvalue weighted by molar-refractivity contribution is 0.115. The van der Waals surface area contributed by atoms with Gasteiger partial charge >= 0.3 is 0 Å². The van der Waals surface area contributed by atoms with Gasteiger partial charge in [0.1, 0.15) is 0 Å². The first-order chi connectivity index (χ1) is 5.39. The summed E-state index contributed by atoms with van der Waals surface area (Å²) in [5.41, 5.74) is 0.531. The predicted octanol–water partition coefficient (Wildman–Crippen LogP) is 4.10. The van der Waals surface area contributed by atoms with Crippen molar-refractivity contribution in [3.63, 3.8) is 0 Å². The number of rotatable bonds is 0. The summed E-state index contributed by atoms with van der Waals surface area (Å²) >= 11 is 0. The molecule has 1 saturated carbocycles. The Morgan fingerprint density at radius 1 is 0.833 bits per heavy atom. The van der Waals surface area contributed by atoms with Gasteiger partial charge in [-0.2, -0.15) is 0 Å². The molecule has 2 atom stereocenters. The van der Waals surface area contributed by atoms with E-state index in [-0.39, 0.29) is 0 Å². The molecule has 0 heteroatoms. The van der Waals surface area contributed by atoms with Gasteiger partial charge in [0.2, 0.25) is 0 Å². The van der Waals surface area contributed by atoms with E-state index < -0.39 is 0 Å². The van der Waals surface area contributed by atoms with E-state index in [0.29, 0.717) is 5.41 Å². The second-order valence-electron chi connectivity index (χ2n) is 5.98. The van der Waals surface area contributed by atoms with E-state index in [1.807, 2.05) is 0 Å². The highest BCUT2D eigenvalue weighted by molar-refractivity contribution is 4.82. The van der Waals surface area contributed by atoms with Crippen LogP contribution in [0.1, 0.15) is 53.9 Å². The molecule has 0 aromatic rings. The summed E-state index contributed by atoms with van der Waals surface area (Å²) in [6.45, 7) is 12.0. The summed E-state index contributed by atoms with van der Waals surface area (Å²) in [5.74, 6) is 2.87. The molecule has 0 nitrogen and oxygen atoms in total. The van der Waals surface area contributed by atoms with Crippen LogP contribution in [0, 0.1) is 23.2 Å². The van der Waals surface area contributed by atoms with E-state index in [1.165, 1.54) is 19.3 Å². The van der Waals surface area contributed by atoms with Crippen LogP contribution in [0.25, 0.3) is 0 Å². The fourth-order valence-electron chi connectivity index (χ4n) is 2.65. The summed E-state index contributed by atoms with van der Waals surface area (Å²) in [5, 5.41) is 0. The van der Waals surface area contributed by atoms with Crippen LogP contribution >= 0.6 is 0 Å². The molecule has 1 aliphatic rings. The van der Waals surface area contributed by atoms with Gasteiger partial charge in [-0.25, -0.2) is 0 Å². The molecule has 0 spiro atoms. The van der Waals surface area contributed by atoms with E-state index in [9.17, 15) is 0 Å². The molecule has 0 aliphatic heterocycles. The largest absolute Gasteiger partial charge is 0.0625 e. The molecule has 0 N–H and O–H groups in total. The van der Waals surface area contributed by atoms with Gasteiger partial charge in [-0.3, -0.25) is 0 Å². The van der Waals surface area contributed by atoms with Gasteiger partial charge in [-0.1, -0.05) is 34.6 Å².